The Labute approximate surface area is 163 Å². The van der Waals surface area contributed by atoms with Gasteiger partial charge in [-0.3, -0.25) is 0 Å². The van der Waals surface area contributed by atoms with E-state index in [0.717, 1.165) is 12.1 Å². The maximum absolute atomic E-state index is 13.3. The Balaban J connectivity index is 0.00000225. The number of rotatable bonds is 5. The molecule has 25 heavy (non-hydrogen) atoms. The molecule has 5 heteroatoms. The van der Waals surface area contributed by atoms with Gasteiger partial charge in [-0.05, 0) is 61.8 Å². The summed E-state index contributed by atoms with van der Waals surface area (Å²) in [6.07, 6.45) is 2.08. The van der Waals surface area contributed by atoms with Gasteiger partial charge < -0.3 is 4.90 Å². The zero-order chi connectivity index (χ0) is 17.1. The summed E-state index contributed by atoms with van der Waals surface area (Å²) in [6.45, 7) is 0.905. The van der Waals surface area contributed by atoms with Crippen molar-refractivity contribution in [3.05, 3.63) is 65.3 Å². The highest BCUT2D eigenvalue weighted by Gasteiger charge is 2.13. The molecular formula is C20H21ClFNS2. The molecule has 0 saturated heterocycles. The van der Waals surface area contributed by atoms with Crippen molar-refractivity contribution >= 4 is 35.5 Å². The highest BCUT2D eigenvalue weighted by atomic mass is 35.5. The number of nitrogens with zero attached hydrogens (tertiary/aromatic N) is 1. The third-order valence-electron chi connectivity index (χ3n) is 3.76. The van der Waals surface area contributed by atoms with Crippen molar-refractivity contribution in [2.75, 3.05) is 20.4 Å². The number of thioether (sulfide) groups is 1. The molecule has 0 N–H and O–H groups in total. The Morgan fingerprint density at radius 2 is 1.56 bits per heavy atom. The summed E-state index contributed by atoms with van der Waals surface area (Å²) in [5, 5.41) is 0. The fraction of sp³-hybridized carbons (Fsp3) is 0.200. The predicted molar refractivity (Wildman–Crippen MR) is 112 cm³/mol. The van der Waals surface area contributed by atoms with Gasteiger partial charge in [0.2, 0.25) is 0 Å². The minimum Gasteiger partial charge on any atom is -0.304 e. The Kier molecular flexibility index (Phi) is 7.08. The third kappa shape index (κ3) is 4.85. The van der Waals surface area contributed by atoms with Crippen LogP contribution in [0.5, 0.6) is 0 Å². The topological polar surface area (TPSA) is 3.24 Å². The smallest absolute Gasteiger partial charge is 0.123 e. The number of hydrogen-bond acceptors (Lipinski definition) is 3. The minimum absolute atomic E-state index is 0. The van der Waals surface area contributed by atoms with Gasteiger partial charge in [0.05, 0.1) is 0 Å². The van der Waals surface area contributed by atoms with Crippen molar-refractivity contribution in [2.24, 2.45) is 0 Å². The van der Waals surface area contributed by atoms with E-state index in [1.807, 2.05) is 12.1 Å². The quantitative estimate of drug-likeness (QED) is 0.459. The van der Waals surface area contributed by atoms with Gasteiger partial charge in [-0.2, -0.15) is 0 Å². The zero-order valence-corrected chi connectivity index (χ0v) is 16.9. The Morgan fingerprint density at radius 1 is 0.960 bits per heavy atom. The van der Waals surface area contributed by atoms with E-state index < -0.39 is 0 Å². The summed E-state index contributed by atoms with van der Waals surface area (Å²) in [4.78, 5) is 5.93. The maximum Gasteiger partial charge on any atom is 0.123 e. The highest BCUT2D eigenvalue weighted by molar-refractivity contribution is 7.98. The van der Waals surface area contributed by atoms with Crippen molar-refractivity contribution in [3.8, 4) is 21.6 Å². The van der Waals surface area contributed by atoms with Gasteiger partial charge in [-0.25, -0.2) is 4.39 Å². The SMILES string of the molecule is CSc1ccc(-c2cc(CN(C)C)sc2-c2ccc(F)cc2)cc1.Cl. The Bertz CT molecular complexity index is 811. The second-order valence-electron chi connectivity index (χ2n) is 5.93. The Morgan fingerprint density at radius 3 is 2.12 bits per heavy atom. The first-order valence-electron chi connectivity index (χ1n) is 7.74. The standard InChI is InChI=1S/C20H20FNS2.ClH/c1-22(2)13-18-12-19(14-6-10-17(23-3)11-7-14)20(24-18)15-4-8-16(21)9-5-15;/h4-12H,13H2,1-3H3;1H. The lowest BCUT2D eigenvalue weighted by Gasteiger charge is -2.06. The summed E-state index contributed by atoms with van der Waals surface area (Å²) >= 11 is 3.53. The lowest BCUT2D eigenvalue weighted by molar-refractivity contribution is 0.406. The Hall–Kier alpha value is -1.33. The molecule has 3 rings (SSSR count). The van der Waals surface area contributed by atoms with Gasteiger partial charge in [0.25, 0.3) is 0 Å². The van der Waals surface area contributed by atoms with Crippen molar-refractivity contribution < 1.29 is 4.39 Å². The average Bonchev–Trinajstić information content (AvgIpc) is 2.98. The van der Waals surface area contributed by atoms with E-state index in [-0.39, 0.29) is 18.2 Å². The molecule has 0 aliphatic carbocycles. The highest BCUT2D eigenvalue weighted by Crippen LogP contribution is 2.40. The first-order chi connectivity index (χ1) is 11.6. The molecular weight excluding hydrogens is 373 g/mol. The fourth-order valence-corrected chi connectivity index (χ4v) is 4.34. The molecule has 1 heterocycles. The first-order valence-corrected chi connectivity index (χ1v) is 9.79. The van der Waals surface area contributed by atoms with Crippen LogP contribution in [-0.4, -0.2) is 25.3 Å². The lowest BCUT2D eigenvalue weighted by atomic mass is 10.0. The van der Waals surface area contributed by atoms with E-state index in [1.165, 1.54) is 37.9 Å². The predicted octanol–water partition coefficient (Wildman–Crippen LogP) is 6.43. The summed E-state index contributed by atoms with van der Waals surface area (Å²) in [7, 11) is 4.15. The lowest BCUT2D eigenvalue weighted by Crippen LogP contribution is -2.09. The monoisotopic (exact) mass is 393 g/mol. The van der Waals surface area contributed by atoms with Crippen molar-refractivity contribution in [1.29, 1.82) is 0 Å². The first kappa shape index (κ1) is 20.0. The molecule has 0 amide bonds. The van der Waals surface area contributed by atoms with Crippen LogP contribution in [0.2, 0.25) is 0 Å². The fourth-order valence-electron chi connectivity index (χ4n) is 2.63. The van der Waals surface area contributed by atoms with Crippen molar-refractivity contribution in [2.45, 2.75) is 11.4 Å². The second kappa shape index (κ2) is 8.86. The van der Waals surface area contributed by atoms with E-state index >= 15 is 0 Å². The average molecular weight is 394 g/mol. The van der Waals surface area contributed by atoms with E-state index in [4.69, 9.17) is 0 Å². The molecule has 0 radical (unpaired) electrons. The second-order valence-corrected chi connectivity index (χ2v) is 7.95. The van der Waals surface area contributed by atoms with E-state index in [0.29, 0.717) is 0 Å². The summed E-state index contributed by atoms with van der Waals surface area (Å²) in [6, 6.07) is 17.7. The summed E-state index contributed by atoms with van der Waals surface area (Å²) < 4.78 is 13.3. The molecule has 3 aromatic rings. The summed E-state index contributed by atoms with van der Waals surface area (Å²) in [5.41, 5.74) is 3.49. The van der Waals surface area contributed by atoms with Gasteiger partial charge in [-0.15, -0.1) is 35.5 Å². The number of hydrogen-bond donors (Lipinski definition) is 0. The molecule has 0 atom stereocenters. The molecule has 0 unspecified atom stereocenters. The van der Waals surface area contributed by atoms with Gasteiger partial charge in [0.15, 0.2) is 0 Å². The molecule has 0 aliphatic heterocycles. The minimum atomic E-state index is -0.199. The van der Waals surface area contributed by atoms with Crippen molar-refractivity contribution in [3.63, 3.8) is 0 Å². The van der Waals surface area contributed by atoms with Crippen LogP contribution in [0.4, 0.5) is 4.39 Å². The van der Waals surface area contributed by atoms with Crippen LogP contribution in [0.3, 0.4) is 0 Å². The van der Waals surface area contributed by atoms with Gasteiger partial charge >= 0.3 is 0 Å². The van der Waals surface area contributed by atoms with Crippen LogP contribution in [0.15, 0.2) is 59.5 Å². The molecule has 0 bridgehead atoms. The molecule has 1 nitrogen and oxygen atoms in total. The number of halogens is 2. The molecule has 2 aromatic carbocycles. The van der Waals surface area contributed by atoms with Crippen LogP contribution >= 0.6 is 35.5 Å². The largest absolute Gasteiger partial charge is 0.304 e. The van der Waals surface area contributed by atoms with Crippen LogP contribution in [0.25, 0.3) is 21.6 Å². The van der Waals surface area contributed by atoms with Crippen LogP contribution in [0, 0.1) is 5.82 Å². The van der Waals surface area contributed by atoms with Gasteiger partial charge in [-0.1, -0.05) is 24.3 Å². The zero-order valence-electron chi connectivity index (χ0n) is 14.5. The van der Waals surface area contributed by atoms with Crippen LogP contribution < -0.4 is 0 Å². The van der Waals surface area contributed by atoms with E-state index in [1.54, 1.807) is 23.1 Å². The maximum atomic E-state index is 13.3. The number of benzene rings is 2. The molecule has 132 valence electrons. The van der Waals surface area contributed by atoms with Gasteiger partial charge in [0, 0.05) is 26.8 Å². The molecule has 0 saturated carbocycles. The molecule has 0 spiro atoms. The normalized spacial score (nSPS) is 10.8. The third-order valence-corrected chi connectivity index (χ3v) is 5.68. The van der Waals surface area contributed by atoms with Crippen LogP contribution in [0.1, 0.15) is 4.88 Å². The van der Waals surface area contributed by atoms with E-state index in [9.17, 15) is 4.39 Å². The van der Waals surface area contributed by atoms with E-state index in [2.05, 4.69) is 55.6 Å². The molecule has 1 aromatic heterocycles. The van der Waals surface area contributed by atoms with Gasteiger partial charge in [0.1, 0.15) is 5.82 Å². The molecule has 0 aliphatic rings. The van der Waals surface area contributed by atoms with Crippen LogP contribution in [-0.2, 0) is 6.54 Å². The van der Waals surface area contributed by atoms with Crippen molar-refractivity contribution in [1.82, 2.24) is 4.90 Å². The summed E-state index contributed by atoms with van der Waals surface area (Å²) in [5.74, 6) is -0.199. The molecule has 0 fully saturated rings. The number of thiophene rings is 1.